The number of ether oxygens (including phenoxy) is 2. The maximum atomic E-state index is 15.2. The van der Waals surface area contributed by atoms with Crippen molar-refractivity contribution >= 4 is 64.4 Å². The number of hydrogen-bond acceptors (Lipinski definition) is 19. The lowest BCUT2D eigenvalue weighted by Gasteiger charge is -2.36. The van der Waals surface area contributed by atoms with E-state index in [1.54, 1.807) is 58.4 Å². The Morgan fingerprint density at radius 3 is 1.90 bits per heavy atom. The van der Waals surface area contributed by atoms with E-state index in [1.165, 1.54) is 18.6 Å². The van der Waals surface area contributed by atoms with Crippen molar-refractivity contribution in [2.75, 3.05) is 95.8 Å². The molecule has 2 fully saturated rings. The highest BCUT2D eigenvalue weighted by atomic mass is 19.4. The Kier molecular flexibility index (Phi) is 14.6. The van der Waals surface area contributed by atoms with Crippen LogP contribution in [0.2, 0.25) is 0 Å². The number of anilines is 9. The summed E-state index contributed by atoms with van der Waals surface area (Å²) in [4.78, 5) is 30.4. The van der Waals surface area contributed by atoms with Gasteiger partial charge in [0.05, 0.1) is 97.2 Å². The molecule has 1 atom stereocenters. The van der Waals surface area contributed by atoms with Crippen LogP contribution >= 0.6 is 0 Å². The van der Waals surface area contributed by atoms with E-state index in [0.717, 1.165) is 47.2 Å². The number of nitrogens with zero attached hydrogens (tertiary/aromatic N) is 13. The van der Waals surface area contributed by atoms with Crippen LogP contribution in [-0.2, 0) is 15.7 Å². The highest BCUT2D eigenvalue weighted by Crippen LogP contribution is 2.36. The van der Waals surface area contributed by atoms with E-state index in [2.05, 4.69) is 71.8 Å². The van der Waals surface area contributed by atoms with Gasteiger partial charge >= 0.3 is 6.18 Å². The number of benzene rings is 2. The highest BCUT2D eigenvalue weighted by molar-refractivity contribution is 5.79. The molecule has 4 N–H and O–H groups in total. The van der Waals surface area contributed by atoms with Crippen molar-refractivity contribution in [1.29, 1.82) is 0 Å². The number of halogens is 5. The molecule has 19 nitrogen and oxygen atoms in total. The smallest absolute Gasteiger partial charge is 0.378 e. The van der Waals surface area contributed by atoms with E-state index in [9.17, 15) is 17.6 Å². The Balaban J connectivity index is 0.785. The highest BCUT2D eigenvalue weighted by Gasteiger charge is 2.32. The van der Waals surface area contributed by atoms with E-state index >= 15 is 4.39 Å². The quantitative estimate of drug-likeness (QED) is 0.0424. The van der Waals surface area contributed by atoms with Crippen molar-refractivity contribution in [2.45, 2.75) is 12.3 Å². The molecule has 2 aliphatic rings. The largest absolute Gasteiger partial charge is 0.416 e. The molecule has 0 saturated carbocycles. The van der Waals surface area contributed by atoms with Crippen molar-refractivity contribution in [2.24, 2.45) is 10.2 Å². The number of aromatic nitrogens is 8. The molecule has 9 rings (SSSR count). The second-order valence-electron chi connectivity index (χ2n) is 16.0. The van der Waals surface area contributed by atoms with Gasteiger partial charge in [-0.3, -0.25) is 9.97 Å². The SMILES string of the molecule is CN(CC1CN(c2nc(N/N=C/c3ccc(Nc4ccc(-c5cccnn5)cc4)cn3)ncc2F)CCO1)c1cc(Nc2ccc(/C=N/Nc3ncc(F)c(N4CCOCC4)n3)nc2)cc(C(F)(F)F)c1. The summed E-state index contributed by atoms with van der Waals surface area (Å²) in [6.45, 7) is 2.76. The van der Waals surface area contributed by atoms with Crippen LogP contribution in [-0.4, -0.2) is 118 Å². The van der Waals surface area contributed by atoms with Crippen molar-refractivity contribution in [1.82, 2.24) is 40.1 Å². The fourth-order valence-corrected chi connectivity index (χ4v) is 7.48. The van der Waals surface area contributed by atoms with Crippen LogP contribution < -0.4 is 36.2 Å². The number of alkyl halides is 3. The lowest BCUT2D eigenvalue weighted by molar-refractivity contribution is -0.137. The molecule has 2 saturated heterocycles. The second kappa shape index (κ2) is 21.8. The van der Waals surface area contributed by atoms with Gasteiger partial charge in [0.15, 0.2) is 23.3 Å². The topological polar surface area (TPSA) is 204 Å². The second-order valence-corrected chi connectivity index (χ2v) is 16.0. The van der Waals surface area contributed by atoms with Crippen molar-refractivity contribution in [3.8, 4) is 11.3 Å². The summed E-state index contributed by atoms with van der Waals surface area (Å²) in [7, 11) is 1.65. The summed E-state index contributed by atoms with van der Waals surface area (Å²) in [5.41, 5.74) is 9.64. The summed E-state index contributed by atoms with van der Waals surface area (Å²) in [6.07, 6.45) is 4.50. The number of nitrogens with one attached hydrogen (secondary N) is 4. The molecule has 364 valence electrons. The molecule has 0 amide bonds. The van der Waals surface area contributed by atoms with Gasteiger partial charge in [-0.15, -0.1) is 0 Å². The first-order valence-electron chi connectivity index (χ1n) is 22.1. The molecule has 24 heteroatoms. The molecule has 1 unspecified atom stereocenters. The number of hydrogen-bond donors (Lipinski definition) is 4. The normalized spacial score (nSPS) is 15.3. The Bertz CT molecular complexity index is 2950. The lowest BCUT2D eigenvalue weighted by Crippen LogP contribution is -2.47. The Labute approximate surface area is 402 Å². The molecule has 2 aliphatic heterocycles. The van der Waals surface area contributed by atoms with Gasteiger partial charge in [0.2, 0.25) is 11.9 Å². The molecule has 2 aromatic carbocycles. The average molecular weight is 974 g/mol. The van der Waals surface area contributed by atoms with Crippen LogP contribution in [0.25, 0.3) is 11.3 Å². The minimum Gasteiger partial charge on any atom is -0.378 e. The third kappa shape index (κ3) is 12.6. The number of hydrazone groups is 2. The van der Waals surface area contributed by atoms with Crippen molar-refractivity contribution in [3.63, 3.8) is 0 Å². The van der Waals surface area contributed by atoms with Crippen molar-refractivity contribution in [3.05, 3.63) is 138 Å². The first-order chi connectivity index (χ1) is 34.5. The van der Waals surface area contributed by atoms with Crippen LogP contribution in [0.15, 0.2) is 120 Å². The summed E-state index contributed by atoms with van der Waals surface area (Å²) >= 11 is 0. The minimum absolute atomic E-state index is 0.0135. The zero-order valence-corrected chi connectivity index (χ0v) is 37.8. The number of likely N-dealkylation sites (N-methyl/N-ethyl adjacent to an activating group) is 1. The molecule has 71 heavy (non-hydrogen) atoms. The first kappa shape index (κ1) is 47.6. The minimum atomic E-state index is -4.65. The zero-order valence-electron chi connectivity index (χ0n) is 37.8. The van der Waals surface area contributed by atoms with Crippen LogP contribution in [0.5, 0.6) is 0 Å². The summed E-state index contributed by atoms with van der Waals surface area (Å²) in [5, 5.41) is 22.6. The van der Waals surface area contributed by atoms with Crippen molar-refractivity contribution < 1.29 is 31.4 Å². The van der Waals surface area contributed by atoms with Crippen LogP contribution in [0, 0.1) is 11.6 Å². The molecule has 0 bridgehead atoms. The summed E-state index contributed by atoms with van der Waals surface area (Å²) in [5.74, 6) is -0.963. The number of morpholine rings is 2. The van der Waals surface area contributed by atoms with Gasteiger partial charge in [0.1, 0.15) is 0 Å². The number of pyridine rings is 2. The van der Waals surface area contributed by atoms with E-state index < -0.39 is 29.5 Å². The van der Waals surface area contributed by atoms with Gasteiger partial charge < -0.3 is 34.8 Å². The number of rotatable bonds is 16. The fourth-order valence-electron chi connectivity index (χ4n) is 7.48. The van der Waals surface area contributed by atoms with Crippen LogP contribution in [0.1, 0.15) is 17.0 Å². The van der Waals surface area contributed by atoms with Gasteiger partial charge in [-0.1, -0.05) is 12.1 Å². The van der Waals surface area contributed by atoms with Gasteiger partial charge in [0.25, 0.3) is 0 Å². The van der Waals surface area contributed by atoms with E-state index in [0.29, 0.717) is 49.9 Å². The predicted molar refractivity (Wildman–Crippen MR) is 259 cm³/mol. The van der Waals surface area contributed by atoms with Crippen LogP contribution in [0.4, 0.5) is 73.9 Å². The molecule has 7 aromatic rings. The lowest BCUT2D eigenvalue weighted by atomic mass is 10.1. The zero-order chi connectivity index (χ0) is 49.2. The maximum Gasteiger partial charge on any atom is 0.416 e. The summed E-state index contributed by atoms with van der Waals surface area (Å²) in [6, 6.07) is 22.0. The average Bonchev–Trinajstić information content (AvgIpc) is 3.39. The monoisotopic (exact) mass is 973 g/mol. The first-order valence-corrected chi connectivity index (χ1v) is 22.1. The Morgan fingerprint density at radius 1 is 0.704 bits per heavy atom. The molecule has 0 spiro atoms. The molecule has 0 aliphatic carbocycles. The van der Waals surface area contributed by atoms with E-state index in [4.69, 9.17) is 9.47 Å². The van der Waals surface area contributed by atoms with E-state index in [1.807, 2.05) is 42.5 Å². The molecule has 5 aromatic heterocycles. The van der Waals surface area contributed by atoms with E-state index in [-0.39, 0.29) is 54.6 Å². The fraction of sp³-hybridized carbons (Fsp3) is 0.234. The predicted octanol–water partition coefficient (Wildman–Crippen LogP) is 7.37. The Hall–Kier alpha value is -8.51. The molecule has 0 radical (unpaired) electrons. The van der Waals surface area contributed by atoms with Gasteiger partial charge in [-0.05, 0) is 66.7 Å². The third-order valence-electron chi connectivity index (χ3n) is 11.0. The maximum absolute atomic E-state index is 15.2. The summed E-state index contributed by atoms with van der Waals surface area (Å²) < 4.78 is 83.7. The molecular formula is C47H44F5N17O2. The Morgan fingerprint density at radius 2 is 1.31 bits per heavy atom. The molecule has 7 heterocycles. The standard InChI is InChI=1S/C47H44F5N17O2/c1-67(38-20-31(47(50,51)52)19-37(21-38)61-36-11-9-34(54-23-36)25-58-65-45-55-26-40(48)43(62-45)68-13-16-70-17-14-68)28-39-29-69(15-18-71-39)44-41(49)27-56-46(63-44)66-59-24-33-8-10-35(22-53-33)60-32-6-4-30(5-7-32)42-3-2-12-57-64-42/h2-12,19-27,39,60-61H,13-18,28-29H2,1H3,(H,55,62,65)(H,56,63,66)/b58-25+,59-24+. The third-order valence-corrected chi connectivity index (χ3v) is 11.0. The molecular weight excluding hydrogens is 930 g/mol. The van der Waals surface area contributed by atoms with Crippen LogP contribution in [0.3, 0.4) is 0 Å². The van der Waals surface area contributed by atoms with Gasteiger partial charge in [-0.25, -0.2) is 29.6 Å². The van der Waals surface area contributed by atoms with Gasteiger partial charge in [-0.2, -0.15) is 43.5 Å². The van der Waals surface area contributed by atoms with Gasteiger partial charge in [0, 0.05) is 68.6 Å².